The molecule has 0 unspecified atom stereocenters. The third-order valence-corrected chi connectivity index (χ3v) is 3.19. The summed E-state index contributed by atoms with van der Waals surface area (Å²) in [6, 6.07) is 10.3. The SMILES string of the molecule is Cc1ccc(OCc2ccc(C(=N)N)cc2C)cc1F. The van der Waals surface area contributed by atoms with Crippen LogP contribution in [0.3, 0.4) is 0 Å². The summed E-state index contributed by atoms with van der Waals surface area (Å²) in [6.07, 6.45) is 0. The van der Waals surface area contributed by atoms with Gasteiger partial charge in [0.25, 0.3) is 0 Å². The van der Waals surface area contributed by atoms with Gasteiger partial charge in [-0.05, 0) is 42.7 Å². The highest BCUT2D eigenvalue weighted by molar-refractivity contribution is 5.95. The molecule has 0 bridgehead atoms. The number of halogens is 1. The highest BCUT2D eigenvalue weighted by atomic mass is 19.1. The minimum absolute atomic E-state index is 0.0428. The molecule has 3 N–H and O–H groups in total. The third-order valence-electron chi connectivity index (χ3n) is 3.19. The predicted octanol–water partition coefficient (Wildman–Crippen LogP) is 3.31. The summed E-state index contributed by atoms with van der Waals surface area (Å²) in [5.74, 6) is 0.274. The van der Waals surface area contributed by atoms with Gasteiger partial charge in [0, 0.05) is 11.6 Å². The van der Waals surface area contributed by atoms with E-state index in [1.165, 1.54) is 6.07 Å². The van der Waals surface area contributed by atoms with Crippen molar-refractivity contribution in [3.63, 3.8) is 0 Å². The summed E-state index contributed by atoms with van der Waals surface area (Å²) in [5, 5.41) is 7.39. The molecule has 0 aliphatic heterocycles. The number of ether oxygens (including phenoxy) is 1. The Labute approximate surface area is 117 Å². The molecular weight excluding hydrogens is 255 g/mol. The van der Waals surface area contributed by atoms with Crippen LogP contribution >= 0.6 is 0 Å². The number of hydrogen-bond donors (Lipinski definition) is 2. The van der Waals surface area contributed by atoms with Crippen molar-refractivity contribution in [1.29, 1.82) is 5.41 Å². The molecule has 0 radical (unpaired) electrons. The summed E-state index contributed by atoms with van der Waals surface area (Å²) >= 11 is 0. The molecule has 4 heteroatoms. The van der Waals surface area contributed by atoms with Gasteiger partial charge in [0.05, 0.1) is 0 Å². The van der Waals surface area contributed by atoms with Crippen molar-refractivity contribution in [2.24, 2.45) is 5.73 Å². The minimum Gasteiger partial charge on any atom is -0.489 e. The van der Waals surface area contributed by atoms with E-state index in [-0.39, 0.29) is 11.7 Å². The van der Waals surface area contributed by atoms with Gasteiger partial charge in [-0.15, -0.1) is 0 Å². The number of nitrogen functional groups attached to an aromatic ring is 1. The highest BCUT2D eigenvalue weighted by Crippen LogP contribution is 2.18. The number of amidine groups is 1. The molecule has 0 aromatic heterocycles. The Hall–Kier alpha value is -2.36. The first-order valence-electron chi connectivity index (χ1n) is 6.30. The Morgan fingerprint density at radius 3 is 2.50 bits per heavy atom. The second-order valence-corrected chi connectivity index (χ2v) is 4.75. The van der Waals surface area contributed by atoms with Crippen molar-refractivity contribution in [3.05, 3.63) is 64.5 Å². The first-order valence-corrected chi connectivity index (χ1v) is 6.30. The molecule has 0 spiro atoms. The summed E-state index contributed by atoms with van der Waals surface area (Å²) < 4.78 is 19.0. The van der Waals surface area contributed by atoms with Crippen LogP contribution in [-0.4, -0.2) is 5.84 Å². The molecule has 20 heavy (non-hydrogen) atoms. The molecular formula is C16H17FN2O. The number of benzene rings is 2. The number of nitrogens with one attached hydrogen (secondary N) is 1. The van der Waals surface area contributed by atoms with E-state index in [1.54, 1.807) is 25.1 Å². The first kappa shape index (κ1) is 14.1. The molecule has 0 aliphatic rings. The molecule has 3 nitrogen and oxygen atoms in total. The van der Waals surface area contributed by atoms with Crippen molar-refractivity contribution in [1.82, 2.24) is 0 Å². The number of nitrogens with two attached hydrogens (primary N) is 1. The second-order valence-electron chi connectivity index (χ2n) is 4.75. The van der Waals surface area contributed by atoms with Gasteiger partial charge in [0.1, 0.15) is 24.0 Å². The van der Waals surface area contributed by atoms with E-state index in [0.717, 1.165) is 11.1 Å². The zero-order chi connectivity index (χ0) is 14.7. The Bertz CT molecular complexity index is 653. The van der Waals surface area contributed by atoms with Crippen molar-refractivity contribution >= 4 is 5.84 Å². The fraction of sp³-hybridized carbons (Fsp3) is 0.188. The second kappa shape index (κ2) is 5.74. The van der Waals surface area contributed by atoms with Crippen LogP contribution in [0.5, 0.6) is 5.75 Å². The normalized spacial score (nSPS) is 10.3. The molecule has 104 valence electrons. The average Bonchev–Trinajstić information content (AvgIpc) is 2.41. The van der Waals surface area contributed by atoms with E-state index in [0.29, 0.717) is 23.5 Å². The smallest absolute Gasteiger partial charge is 0.129 e. The number of aryl methyl sites for hydroxylation is 2. The molecule has 2 aromatic rings. The molecule has 0 fully saturated rings. The van der Waals surface area contributed by atoms with E-state index < -0.39 is 0 Å². The molecule has 0 saturated carbocycles. The van der Waals surface area contributed by atoms with Gasteiger partial charge in [-0.1, -0.05) is 18.2 Å². The average molecular weight is 272 g/mol. The summed E-state index contributed by atoms with van der Waals surface area (Å²) in [6.45, 7) is 4.00. The number of rotatable bonds is 4. The van der Waals surface area contributed by atoms with Crippen molar-refractivity contribution < 1.29 is 9.13 Å². The Balaban J connectivity index is 2.10. The van der Waals surface area contributed by atoms with Crippen LogP contribution in [0, 0.1) is 25.1 Å². The van der Waals surface area contributed by atoms with E-state index >= 15 is 0 Å². The number of hydrogen-bond acceptors (Lipinski definition) is 2. The van der Waals surface area contributed by atoms with Crippen LogP contribution in [0.1, 0.15) is 22.3 Å². The summed E-state index contributed by atoms with van der Waals surface area (Å²) in [5.41, 5.74) is 8.70. The molecule has 0 aliphatic carbocycles. The quantitative estimate of drug-likeness (QED) is 0.662. The zero-order valence-corrected chi connectivity index (χ0v) is 11.5. The van der Waals surface area contributed by atoms with Crippen molar-refractivity contribution in [3.8, 4) is 5.75 Å². The lowest BCUT2D eigenvalue weighted by atomic mass is 10.1. The molecule has 0 saturated heterocycles. The lowest BCUT2D eigenvalue weighted by molar-refractivity contribution is 0.303. The maximum absolute atomic E-state index is 13.4. The van der Waals surface area contributed by atoms with E-state index in [9.17, 15) is 4.39 Å². The molecule has 0 atom stereocenters. The van der Waals surface area contributed by atoms with Crippen LogP contribution in [-0.2, 0) is 6.61 Å². The first-order chi connectivity index (χ1) is 9.47. The largest absolute Gasteiger partial charge is 0.489 e. The predicted molar refractivity (Wildman–Crippen MR) is 77.7 cm³/mol. The van der Waals surface area contributed by atoms with Gasteiger partial charge >= 0.3 is 0 Å². The van der Waals surface area contributed by atoms with E-state index in [2.05, 4.69) is 0 Å². The van der Waals surface area contributed by atoms with Crippen molar-refractivity contribution in [2.75, 3.05) is 0 Å². The van der Waals surface area contributed by atoms with Gasteiger partial charge in [0.15, 0.2) is 0 Å². The molecule has 2 aromatic carbocycles. The summed E-state index contributed by atoms with van der Waals surface area (Å²) in [7, 11) is 0. The third kappa shape index (κ3) is 3.15. The standard InChI is InChI=1S/C16H17FN2O/c1-10-3-6-14(8-15(10)17)20-9-13-5-4-12(16(18)19)7-11(13)2/h3-8H,9H2,1-2H3,(H3,18,19). The topological polar surface area (TPSA) is 59.1 Å². The fourth-order valence-electron chi connectivity index (χ4n) is 1.85. The van der Waals surface area contributed by atoms with Crippen LogP contribution < -0.4 is 10.5 Å². The Morgan fingerprint density at radius 1 is 1.15 bits per heavy atom. The maximum Gasteiger partial charge on any atom is 0.129 e. The van der Waals surface area contributed by atoms with Crippen LogP contribution in [0.2, 0.25) is 0 Å². The lowest BCUT2D eigenvalue weighted by Gasteiger charge is -2.10. The minimum atomic E-state index is -0.272. The van der Waals surface area contributed by atoms with Crippen molar-refractivity contribution in [2.45, 2.75) is 20.5 Å². The molecule has 0 heterocycles. The highest BCUT2D eigenvalue weighted by Gasteiger charge is 2.05. The van der Waals surface area contributed by atoms with Gasteiger partial charge in [-0.3, -0.25) is 5.41 Å². The maximum atomic E-state index is 13.4. The van der Waals surface area contributed by atoms with Crippen LogP contribution in [0.25, 0.3) is 0 Å². The van der Waals surface area contributed by atoms with E-state index in [4.69, 9.17) is 15.9 Å². The monoisotopic (exact) mass is 272 g/mol. The lowest BCUT2D eigenvalue weighted by Crippen LogP contribution is -2.11. The molecule has 0 amide bonds. The zero-order valence-electron chi connectivity index (χ0n) is 11.5. The Morgan fingerprint density at radius 2 is 1.90 bits per heavy atom. The van der Waals surface area contributed by atoms with Gasteiger partial charge in [-0.25, -0.2) is 4.39 Å². The fourth-order valence-corrected chi connectivity index (χ4v) is 1.85. The van der Waals surface area contributed by atoms with Gasteiger partial charge in [0.2, 0.25) is 0 Å². The van der Waals surface area contributed by atoms with E-state index in [1.807, 2.05) is 19.1 Å². The van der Waals surface area contributed by atoms with Crippen LogP contribution in [0.4, 0.5) is 4.39 Å². The Kier molecular flexibility index (Phi) is 4.03. The summed E-state index contributed by atoms with van der Waals surface area (Å²) in [4.78, 5) is 0. The van der Waals surface area contributed by atoms with Gasteiger partial charge < -0.3 is 10.5 Å². The van der Waals surface area contributed by atoms with Gasteiger partial charge in [-0.2, -0.15) is 0 Å². The van der Waals surface area contributed by atoms with Crippen LogP contribution in [0.15, 0.2) is 36.4 Å². The molecule has 2 rings (SSSR count).